The minimum atomic E-state index is -1.10. The highest BCUT2D eigenvalue weighted by Gasteiger charge is 2.29. The van der Waals surface area contributed by atoms with E-state index in [0.717, 1.165) is 6.07 Å². The number of nitrogens with one attached hydrogen (secondary N) is 1. The van der Waals surface area contributed by atoms with Gasteiger partial charge in [0.2, 0.25) is 0 Å². The first-order valence-electron chi connectivity index (χ1n) is 7.46. The molecule has 1 aromatic carbocycles. The number of hydrogen-bond acceptors (Lipinski definition) is 3. The average Bonchev–Trinajstić information content (AvgIpc) is 2.49. The van der Waals surface area contributed by atoms with Crippen LogP contribution in [0.1, 0.15) is 50.7 Å². The molecule has 0 spiro atoms. The lowest BCUT2D eigenvalue weighted by Gasteiger charge is -2.23. The molecule has 126 valence electrons. The highest BCUT2D eigenvalue weighted by atomic mass is 35.5. The molecule has 0 amide bonds. The molecule has 0 heterocycles. The lowest BCUT2D eigenvalue weighted by Crippen LogP contribution is -2.21. The summed E-state index contributed by atoms with van der Waals surface area (Å²) in [6.45, 7) is 5.15. The first kappa shape index (κ1) is 19.4. The Kier molecular flexibility index (Phi) is 6.96. The molecule has 0 radical (unpaired) electrons. The summed E-state index contributed by atoms with van der Waals surface area (Å²) < 4.78 is 33.6. The zero-order valence-corrected chi connectivity index (χ0v) is 14.3. The number of halogens is 3. The molecule has 1 unspecified atom stereocenters. The van der Waals surface area contributed by atoms with E-state index < -0.39 is 23.0 Å². The van der Waals surface area contributed by atoms with E-state index in [1.54, 1.807) is 20.8 Å². The van der Waals surface area contributed by atoms with Gasteiger partial charge in [-0.2, -0.15) is 5.26 Å². The van der Waals surface area contributed by atoms with Crippen LogP contribution in [0.15, 0.2) is 12.1 Å². The van der Waals surface area contributed by atoms with Crippen LogP contribution < -0.4 is 0 Å². The van der Waals surface area contributed by atoms with E-state index in [2.05, 4.69) is 0 Å². The number of hydrogen-bond donors (Lipinski definition) is 1. The van der Waals surface area contributed by atoms with Crippen molar-refractivity contribution >= 4 is 17.5 Å². The minimum absolute atomic E-state index is 0.0798. The van der Waals surface area contributed by atoms with Crippen LogP contribution in [0.3, 0.4) is 0 Å². The Bertz CT molecular complexity index is 611. The summed E-state index contributed by atoms with van der Waals surface area (Å²) in [5, 5.41) is 17.2. The first-order valence-corrected chi connectivity index (χ1v) is 7.99. The van der Waals surface area contributed by atoms with E-state index >= 15 is 0 Å². The van der Waals surface area contributed by atoms with Crippen molar-refractivity contribution in [3.05, 3.63) is 34.9 Å². The minimum Gasteiger partial charge on any atom is -0.481 e. The first-order chi connectivity index (χ1) is 10.8. The summed E-state index contributed by atoms with van der Waals surface area (Å²) in [7, 11) is 0. The molecule has 23 heavy (non-hydrogen) atoms. The van der Waals surface area contributed by atoms with Gasteiger partial charge in [0.1, 0.15) is 11.6 Å². The molecular weight excluding hydrogens is 322 g/mol. The normalized spacial score (nSPS) is 12.6. The second kappa shape index (κ2) is 8.26. The van der Waals surface area contributed by atoms with Crippen molar-refractivity contribution in [1.29, 1.82) is 10.7 Å². The third-order valence-electron chi connectivity index (χ3n) is 3.66. The molecule has 1 N–H and O–H groups in total. The summed E-state index contributed by atoms with van der Waals surface area (Å²) in [6, 6.07) is 4.12. The third-order valence-corrected chi connectivity index (χ3v) is 3.92. The molecule has 1 aromatic rings. The van der Waals surface area contributed by atoms with E-state index in [1.807, 2.05) is 6.07 Å². The maximum Gasteiger partial charge on any atom is 0.188 e. The lowest BCUT2D eigenvalue weighted by atomic mass is 9.82. The lowest BCUT2D eigenvalue weighted by molar-refractivity contribution is 0.304. The van der Waals surface area contributed by atoms with Crippen LogP contribution in [0.5, 0.6) is 0 Å². The predicted octanol–water partition coefficient (Wildman–Crippen LogP) is 4.88. The Morgan fingerprint density at radius 2 is 2.04 bits per heavy atom. The van der Waals surface area contributed by atoms with Crippen molar-refractivity contribution in [2.45, 2.75) is 44.9 Å². The quantitative estimate of drug-likeness (QED) is 0.436. The van der Waals surface area contributed by atoms with Gasteiger partial charge >= 0.3 is 0 Å². The van der Waals surface area contributed by atoms with Crippen LogP contribution in [0.2, 0.25) is 0 Å². The van der Waals surface area contributed by atoms with Crippen LogP contribution in [-0.2, 0) is 10.2 Å². The van der Waals surface area contributed by atoms with Gasteiger partial charge < -0.3 is 4.74 Å². The molecular formula is C17H21ClF2N2O. The SMILES string of the molecule is CCOC(=N)C(CCCCl)c1cc(C(C)(C)C#N)c(F)cc1F. The fraction of sp³-hybridized carbons (Fsp3) is 0.529. The van der Waals surface area contributed by atoms with Gasteiger partial charge in [0.15, 0.2) is 5.90 Å². The molecule has 1 rings (SSSR count). The Labute approximate surface area is 140 Å². The van der Waals surface area contributed by atoms with Crippen molar-refractivity contribution in [2.24, 2.45) is 0 Å². The fourth-order valence-corrected chi connectivity index (χ4v) is 2.49. The monoisotopic (exact) mass is 342 g/mol. The smallest absolute Gasteiger partial charge is 0.188 e. The van der Waals surface area contributed by atoms with Gasteiger partial charge in [-0.3, -0.25) is 5.41 Å². The van der Waals surface area contributed by atoms with Crippen molar-refractivity contribution in [2.75, 3.05) is 12.5 Å². The Hall–Kier alpha value is -1.67. The Morgan fingerprint density at radius 1 is 1.39 bits per heavy atom. The van der Waals surface area contributed by atoms with Crippen LogP contribution in [-0.4, -0.2) is 18.4 Å². The molecule has 0 aromatic heterocycles. The van der Waals surface area contributed by atoms with Gasteiger partial charge in [-0.05, 0) is 39.7 Å². The standard InChI is InChI=1S/C17H21ClF2N2O/c1-4-23-16(22)11(6-5-7-18)12-8-13(17(2,3)10-21)15(20)9-14(12)19/h8-9,11,22H,4-7H2,1-3H3. The molecule has 0 aliphatic carbocycles. The van der Waals surface area contributed by atoms with E-state index in [-0.39, 0.29) is 23.6 Å². The number of rotatable bonds is 7. The van der Waals surface area contributed by atoms with Crippen molar-refractivity contribution in [1.82, 2.24) is 0 Å². The molecule has 0 aliphatic rings. The molecule has 0 aliphatic heterocycles. The maximum absolute atomic E-state index is 14.3. The zero-order chi connectivity index (χ0) is 17.6. The number of nitriles is 1. The van der Waals surface area contributed by atoms with Gasteiger partial charge in [0, 0.05) is 23.1 Å². The number of nitrogens with zero attached hydrogens (tertiary/aromatic N) is 1. The van der Waals surface area contributed by atoms with Crippen LogP contribution in [0.25, 0.3) is 0 Å². The molecule has 3 nitrogen and oxygen atoms in total. The summed E-state index contributed by atoms with van der Waals surface area (Å²) in [5.41, 5.74) is -0.831. The van der Waals surface area contributed by atoms with Crippen molar-refractivity contribution < 1.29 is 13.5 Å². The van der Waals surface area contributed by atoms with Crippen LogP contribution in [0.4, 0.5) is 8.78 Å². The largest absolute Gasteiger partial charge is 0.481 e. The second-order valence-corrected chi connectivity index (χ2v) is 6.15. The number of ether oxygens (including phenoxy) is 1. The molecule has 1 atom stereocenters. The Morgan fingerprint density at radius 3 is 2.57 bits per heavy atom. The molecule has 6 heteroatoms. The number of alkyl halides is 1. The van der Waals surface area contributed by atoms with E-state index in [0.29, 0.717) is 18.7 Å². The fourth-order valence-electron chi connectivity index (χ4n) is 2.34. The average molecular weight is 343 g/mol. The van der Waals surface area contributed by atoms with Gasteiger partial charge in [-0.25, -0.2) is 8.78 Å². The van der Waals surface area contributed by atoms with E-state index in [4.69, 9.17) is 21.7 Å². The highest BCUT2D eigenvalue weighted by Crippen LogP contribution is 2.33. The van der Waals surface area contributed by atoms with Gasteiger partial charge in [-0.15, -0.1) is 11.6 Å². The number of benzene rings is 1. The Balaban J connectivity index is 3.38. The van der Waals surface area contributed by atoms with Gasteiger partial charge in [-0.1, -0.05) is 0 Å². The summed E-state index contributed by atoms with van der Waals surface area (Å²) in [6.07, 6.45) is 0.979. The second-order valence-electron chi connectivity index (χ2n) is 5.77. The summed E-state index contributed by atoms with van der Waals surface area (Å²) >= 11 is 5.70. The zero-order valence-electron chi connectivity index (χ0n) is 13.5. The van der Waals surface area contributed by atoms with Gasteiger partial charge in [0.05, 0.1) is 24.0 Å². The van der Waals surface area contributed by atoms with Crippen LogP contribution in [0, 0.1) is 28.4 Å². The van der Waals surface area contributed by atoms with Crippen molar-refractivity contribution in [3.63, 3.8) is 0 Å². The summed E-state index contributed by atoms with van der Waals surface area (Å²) in [4.78, 5) is 0. The highest BCUT2D eigenvalue weighted by molar-refractivity contribution is 6.17. The van der Waals surface area contributed by atoms with Crippen LogP contribution >= 0.6 is 11.6 Å². The molecule has 0 bridgehead atoms. The predicted molar refractivity (Wildman–Crippen MR) is 87.0 cm³/mol. The maximum atomic E-state index is 14.3. The third kappa shape index (κ3) is 4.65. The summed E-state index contributed by atoms with van der Waals surface area (Å²) in [5.74, 6) is -1.87. The molecule has 0 saturated heterocycles. The van der Waals surface area contributed by atoms with Gasteiger partial charge in [0.25, 0.3) is 0 Å². The topological polar surface area (TPSA) is 56.9 Å². The van der Waals surface area contributed by atoms with Crippen molar-refractivity contribution in [3.8, 4) is 6.07 Å². The van der Waals surface area contributed by atoms with E-state index in [9.17, 15) is 14.0 Å². The van der Waals surface area contributed by atoms with E-state index in [1.165, 1.54) is 6.07 Å². The molecule has 0 fully saturated rings. The molecule has 0 saturated carbocycles.